The van der Waals surface area contributed by atoms with E-state index in [0.29, 0.717) is 11.5 Å². The Morgan fingerprint density at radius 1 is 1.07 bits per heavy atom. The molecular weight excluding hydrogens is 362 g/mol. The highest BCUT2D eigenvalue weighted by molar-refractivity contribution is 5.81. The van der Waals surface area contributed by atoms with Crippen molar-refractivity contribution in [3.8, 4) is 11.5 Å². The summed E-state index contributed by atoms with van der Waals surface area (Å²) in [5.74, 6) is 0.287. The first-order chi connectivity index (χ1) is 13.6. The van der Waals surface area contributed by atoms with Crippen LogP contribution in [0.15, 0.2) is 48.8 Å². The molecule has 8 heteroatoms. The van der Waals surface area contributed by atoms with Gasteiger partial charge in [-0.3, -0.25) is 9.59 Å². The molecule has 1 amide bonds. The van der Waals surface area contributed by atoms with Crippen LogP contribution in [0.4, 0.5) is 0 Å². The highest BCUT2D eigenvalue weighted by Crippen LogP contribution is 2.27. The van der Waals surface area contributed by atoms with E-state index < -0.39 is 11.9 Å². The largest absolute Gasteiger partial charge is 0.493 e. The Hall–Kier alpha value is -3.55. The average molecular weight is 383 g/mol. The number of ether oxygens (including phenoxy) is 3. The number of rotatable bonds is 8. The number of esters is 1. The van der Waals surface area contributed by atoms with Crippen molar-refractivity contribution in [1.82, 2.24) is 14.9 Å². The molecule has 0 radical (unpaired) electrons. The molecule has 0 atom stereocenters. The van der Waals surface area contributed by atoms with E-state index in [4.69, 9.17) is 14.2 Å². The Morgan fingerprint density at radius 3 is 2.64 bits per heavy atom. The van der Waals surface area contributed by atoms with Crippen molar-refractivity contribution < 1.29 is 23.8 Å². The predicted octanol–water partition coefficient (Wildman–Crippen LogP) is 1.91. The first-order valence-corrected chi connectivity index (χ1v) is 8.64. The lowest BCUT2D eigenvalue weighted by Gasteiger charge is -2.10. The Bertz CT molecular complexity index is 983. The number of benzene rings is 2. The van der Waals surface area contributed by atoms with E-state index in [2.05, 4.69) is 10.3 Å². The fourth-order valence-corrected chi connectivity index (χ4v) is 2.71. The normalized spacial score (nSPS) is 10.5. The molecule has 0 aliphatic rings. The molecule has 0 bridgehead atoms. The van der Waals surface area contributed by atoms with Crippen molar-refractivity contribution in [3.05, 3.63) is 54.4 Å². The summed E-state index contributed by atoms with van der Waals surface area (Å²) in [5, 5.41) is 2.70. The maximum atomic E-state index is 12.0. The third kappa shape index (κ3) is 4.59. The predicted molar refractivity (Wildman–Crippen MR) is 102 cm³/mol. The minimum Gasteiger partial charge on any atom is -0.493 e. The van der Waals surface area contributed by atoms with Crippen LogP contribution in [0.3, 0.4) is 0 Å². The first-order valence-electron chi connectivity index (χ1n) is 8.64. The zero-order chi connectivity index (χ0) is 19.9. The van der Waals surface area contributed by atoms with E-state index in [1.165, 1.54) is 0 Å². The Labute approximate surface area is 162 Å². The van der Waals surface area contributed by atoms with E-state index in [0.717, 1.165) is 16.6 Å². The fraction of sp³-hybridized carbons (Fsp3) is 0.250. The Kier molecular flexibility index (Phi) is 6.11. The van der Waals surface area contributed by atoms with Gasteiger partial charge in [0.05, 0.1) is 31.6 Å². The lowest BCUT2D eigenvalue weighted by Crippen LogP contribution is -2.29. The number of amides is 1. The van der Waals surface area contributed by atoms with Gasteiger partial charge < -0.3 is 24.1 Å². The van der Waals surface area contributed by atoms with Gasteiger partial charge in [0.1, 0.15) is 6.54 Å². The number of hydrogen-bond acceptors (Lipinski definition) is 6. The van der Waals surface area contributed by atoms with Crippen molar-refractivity contribution >= 4 is 22.9 Å². The number of carbonyl (C=O) groups excluding carboxylic acids is 2. The van der Waals surface area contributed by atoms with Crippen LogP contribution in [-0.4, -0.2) is 42.3 Å². The number of fused-ring (bicyclic) bond motifs is 1. The number of methoxy groups -OCH3 is 2. The molecule has 0 saturated heterocycles. The van der Waals surface area contributed by atoms with Gasteiger partial charge in [-0.05, 0) is 29.8 Å². The lowest BCUT2D eigenvalue weighted by molar-refractivity contribution is -0.149. The van der Waals surface area contributed by atoms with Crippen molar-refractivity contribution in [2.75, 3.05) is 20.8 Å². The Morgan fingerprint density at radius 2 is 1.86 bits per heavy atom. The molecule has 2 aromatic carbocycles. The zero-order valence-electron chi connectivity index (χ0n) is 15.7. The van der Waals surface area contributed by atoms with E-state index in [-0.39, 0.29) is 19.7 Å². The highest BCUT2D eigenvalue weighted by atomic mass is 16.5. The number of aromatic nitrogens is 2. The molecule has 3 aromatic rings. The molecule has 28 heavy (non-hydrogen) atoms. The van der Waals surface area contributed by atoms with E-state index in [1.807, 2.05) is 30.3 Å². The number of carbonyl (C=O) groups is 2. The molecule has 0 aliphatic carbocycles. The molecule has 0 fully saturated rings. The quantitative estimate of drug-likeness (QED) is 0.598. The maximum absolute atomic E-state index is 12.0. The standard InChI is InChI=1S/C20H21N3O5/c1-26-17-8-7-14(9-18(17)27-2)10-21-19(24)12-28-20(25)11-23-13-22-15-5-3-4-6-16(15)23/h3-9,13H,10-12H2,1-2H3,(H,21,24). The second kappa shape index (κ2) is 8.90. The van der Waals surface area contributed by atoms with Crippen LogP contribution in [0, 0.1) is 0 Å². The second-order valence-corrected chi connectivity index (χ2v) is 5.99. The molecule has 3 rings (SSSR count). The first kappa shape index (κ1) is 19.2. The average Bonchev–Trinajstić information content (AvgIpc) is 3.13. The van der Waals surface area contributed by atoms with Gasteiger partial charge in [-0.15, -0.1) is 0 Å². The van der Waals surface area contributed by atoms with Gasteiger partial charge in [0.15, 0.2) is 18.1 Å². The van der Waals surface area contributed by atoms with Gasteiger partial charge in [0.2, 0.25) is 0 Å². The van der Waals surface area contributed by atoms with Crippen LogP contribution in [0.5, 0.6) is 11.5 Å². The number of nitrogens with zero attached hydrogens (tertiary/aromatic N) is 2. The van der Waals surface area contributed by atoms with Crippen molar-refractivity contribution in [1.29, 1.82) is 0 Å². The lowest BCUT2D eigenvalue weighted by atomic mass is 10.2. The summed E-state index contributed by atoms with van der Waals surface area (Å²) in [4.78, 5) is 28.2. The molecule has 1 N–H and O–H groups in total. The van der Waals surface area contributed by atoms with Crippen LogP contribution in [0.1, 0.15) is 5.56 Å². The molecule has 0 spiro atoms. The van der Waals surface area contributed by atoms with Gasteiger partial charge in [0.25, 0.3) is 5.91 Å². The summed E-state index contributed by atoms with van der Waals surface area (Å²) < 4.78 is 17.1. The summed E-state index contributed by atoms with van der Waals surface area (Å²) in [6.45, 7) is -0.0783. The molecule has 1 aromatic heterocycles. The smallest absolute Gasteiger partial charge is 0.326 e. The number of hydrogen-bond donors (Lipinski definition) is 1. The molecule has 0 aliphatic heterocycles. The Balaban J connectivity index is 1.47. The summed E-state index contributed by atoms with van der Waals surface area (Å²) in [6, 6.07) is 12.8. The molecular formula is C20H21N3O5. The van der Waals surface area contributed by atoms with Crippen molar-refractivity contribution in [2.24, 2.45) is 0 Å². The van der Waals surface area contributed by atoms with Crippen LogP contribution in [0.2, 0.25) is 0 Å². The van der Waals surface area contributed by atoms with Gasteiger partial charge >= 0.3 is 5.97 Å². The van der Waals surface area contributed by atoms with Crippen LogP contribution < -0.4 is 14.8 Å². The van der Waals surface area contributed by atoms with Crippen molar-refractivity contribution in [3.63, 3.8) is 0 Å². The van der Waals surface area contributed by atoms with Crippen LogP contribution in [0.25, 0.3) is 11.0 Å². The minimum absolute atomic E-state index is 0.0104. The van der Waals surface area contributed by atoms with Gasteiger partial charge in [-0.1, -0.05) is 18.2 Å². The molecule has 0 unspecified atom stereocenters. The zero-order valence-corrected chi connectivity index (χ0v) is 15.7. The van der Waals surface area contributed by atoms with E-state index >= 15 is 0 Å². The molecule has 8 nitrogen and oxygen atoms in total. The van der Waals surface area contributed by atoms with E-state index in [1.54, 1.807) is 37.2 Å². The fourth-order valence-electron chi connectivity index (χ4n) is 2.71. The summed E-state index contributed by atoms with van der Waals surface area (Å²) in [7, 11) is 3.10. The second-order valence-electron chi connectivity index (χ2n) is 5.99. The number of para-hydroxylation sites is 2. The monoisotopic (exact) mass is 383 g/mol. The highest BCUT2D eigenvalue weighted by Gasteiger charge is 2.11. The van der Waals surface area contributed by atoms with E-state index in [9.17, 15) is 9.59 Å². The van der Waals surface area contributed by atoms with Gasteiger partial charge in [0, 0.05) is 6.54 Å². The number of nitrogens with one attached hydrogen (secondary N) is 1. The number of imidazole rings is 1. The topological polar surface area (TPSA) is 91.7 Å². The minimum atomic E-state index is -0.510. The third-order valence-corrected chi connectivity index (χ3v) is 4.13. The summed E-state index contributed by atoms with van der Waals surface area (Å²) in [6.07, 6.45) is 1.57. The van der Waals surface area contributed by atoms with Crippen LogP contribution in [-0.2, 0) is 27.4 Å². The van der Waals surface area contributed by atoms with Gasteiger partial charge in [-0.25, -0.2) is 4.98 Å². The molecule has 0 saturated carbocycles. The maximum Gasteiger partial charge on any atom is 0.326 e. The summed E-state index contributed by atoms with van der Waals surface area (Å²) >= 11 is 0. The van der Waals surface area contributed by atoms with Crippen molar-refractivity contribution in [2.45, 2.75) is 13.1 Å². The molecule has 146 valence electrons. The molecule has 1 heterocycles. The third-order valence-electron chi connectivity index (χ3n) is 4.13. The van der Waals surface area contributed by atoms with Gasteiger partial charge in [-0.2, -0.15) is 0 Å². The van der Waals surface area contributed by atoms with Crippen LogP contribution >= 0.6 is 0 Å². The summed E-state index contributed by atoms with van der Waals surface area (Å²) in [5.41, 5.74) is 2.46. The SMILES string of the molecule is COc1ccc(CNC(=O)COC(=O)Cn2cnc3ccccc32)cc1OC.